The minimum atomic E-state index is -0.658. The molecule has 0 aliphatic carbocycles. The summed E-state index contributed by atoms with van der Waals surface area (Å²) in [6.45, 7) is 0.505. The third-order valence-electron chi connectivity index (χ3n) is 6.26. The zero-order valence-electron chi connectivity index (χ0n) is 19.3. The first-order valence-corrected chi connectivity index (χ1v) is 11.6. The Hall–Kier alpha value is -4.66. The fourth-order valence-corrected chi connectivity index (χ4v) is 4.41. The maximum atomic E-state index is 12.8. The summed E-state index contributed by atoms with van der Waals surface area (Å²) in [7, 11) is 0. The Balaban J connectivity index is 1.13. The monoisotopic (exact) mass is 484 g/mol. The van der Waals surface area contributed by atoms with Crippen molar-refractivity contribution in [1.29, 1.82) is 0 Å². The molecule has 1 saturated heterocycles. The molecule has 3 aromatic rings. The van der Waals surface area contributed by atoms with E-state index >= 15 is 0 Å². The minimum absolute atomic E-state index is 0.208. The number of nitrogens with one attached hydrogen (secondary N) is 3. The number of carbonyl (C=O) groups excluding carboxylic acids is 4. The van der Waals surface area contributed by atoms with E-state index in [4.69, 9.17) is 4.84 Å². The van der Waals surface area contributed by atoms with E-state index in [9.17, 15) is 19.2 Å². The van der Waals surface area contributed by atoms with Crippen LogP contribution in [0.2, 0.25) is 0 Å². The summed E-state index contributed by atoms with van der Waals surface area (Å²) in [5, 5.41) is 5.01. The lowest BCUT2D eigenvalue weighted by Gasteiger charge is -2.29. The molecule has 3 aromatic carbocycles. The van der Waals surface area contributed by atoms with Crippen LogP contribution in [-0.2, 0) is 22.7 Å². The van der Waals surface area contributed by atoms with Crippen LogP contribution in [0.4, 0.5) is 4.79 Å². The highest BCUT2D eigenvalue weighted by molar-refractivity contribution is 6.05. The number of urea groups is 1. The van der Waals surface area contributed by atoms with Crippen molar-refractivity contribution in [3.8, 4) is 16.9 Å². The number of hydrogen-bond acceptors (Lipinski definition) is 5. The van der Waals surface area contributed by atoms with Gasteiger partial charge in [-0.15, -0.1) is 0 Å². The van der Waals surface area contributed by atoms with Crippen LogP contribution in [0, 0.1) is 0 Å². The van der Waals surface area contributed by atoms with Gasteiger partial charge in [0.1, 0.15) is 6.04 Å². The fraction of sp³-hybridized carbons (Fsp3) is 0.185. The van der Waals surface area contributed by atoms with Crippen molar-refractivity contribution < 1.29 is 24.0 Å². The largest absolute Gasteiger partial charge is 0.378 e. The van der Waals surface area contributed by atoms with Crippen LogP contribution in [0.25, 0.3) is 11.1 Å². The van der Waals surface area contributed by atoms with E-state index in [0.29, 0.717) is 17.7 Å². The first-order valence-electron chi connectivity index (χ1n) is 11.6. The van der Waals surface area contributed by atoms with Crippen molar-refractivity contribution in [3.63, 3.8) is 0 Å². The van der Waals surface area contributed by atoms with Crippen molar-refractivity contribution in [1.82, 2.24) is 21.0 Å². The Labute approximate surface area is 207 Å². The number of rotatable bonds is 6. The lowest BCUT2D eigenvalue weighted by molar-refractivity contribution is -0.136. The van der Waals surface area contributed by atoms with Gasteiger partial charge < -0.3 is 15.1 Å². The maximum Gasteiger partial charge on any atom is 0.348 e. The Morgan fingerprint density at radius 1 is 0.972 bits per heavy atom. The molecule has 2 heterocycles. The lowest BCUT2D eigenvalue weighted by Crippen LogP contribution is -2.52. The van der Waals surface area contributed by atoms with Crippen LogP contribution in [0.3, 0.4) is 0 Å². The molecule has 5 amide bonds. The summed E-state index contributed by atoms with van der Waals surface area (Å²) in [6, 6.07) is 21.4. The Bertz CT molecular complexity index is 1320. The van der Waals surface area contributed by atoms with Gasteiger partial charge in [-0.25, -0.2) is 4.79 Å². The number of fused-ring (bicyclic) bond motifs is 1. The molecular formula is C27H24N4O5. The first-order chi connectivity index (χ1) is 17.5. The lowest BCUT2D eigenvalue weighted by atomic mass is 10.0. The van der Waals surface area contributed by atoms with E-state index in [1.54, 1.807) is 24.3 Å². The summed E-state index contributed by atoms with van der Waals surface area (Å²) < 4.78 is 0. The zero-order chi connectivity index (χ0) is 25.1. The molecule has 2 aliphatic rings. The van der Waals surface area contributed by atoms with Gasteiger partial charge in [0.2, 0.25) is 11.8 Å². The molecule has 9 heteroatoms. The fourth-order valence-electron chi connectivity index (χ4n) is 4.41. The van der Waals surface area contributed by atoms with Crippen molar-refractivity contribution in [2.75, 3.05) is 0 Å². The molecular weight excluding hydrogens is 460 g/mol. The standard InChI is InChI=1S/C27H24N4O5/c32-24-13-12-23(25(33)29-24)31-16-20-14-17(6-11-22(20)26(31)34)15-28-27(35)30-36-21-9-7-19(8-10-21)18-4-2-1-3-5-18/h1-11,14,23H,12-13,15-16H2,(H2,28,30,35)(H,29,32,33). The highest BCUT2D eigenvalue weighted by atomic mass is 16.7. The van der Waals surface area contributed by atoms with Gasteiger partial charge in [0.05, 0.1) is 0 Å². The van der Waals surface area contributed by atoms with Gasteiger partial charge in [0.15, 0.2) is 5.75 Å². The molecule has 2 aliphatic heterocycles. The predicted octanol–water partition coefficient (Wildman–Crippen LogP) is 2.91. The number of piperidine rings is 1. The molecule has 1 unspecified atom stereocenters. The van der Waals surface area contributed by atoms with Crippen molar-refractivity contribution in [3.05, 3.63) is 89.5 Å². The van der Waals surface area contributed by atoms with Crippen LogP contribution in [0.15, 0.2) is 72.8 Å². The molecule has 3 N–H and O–H groups in total. The van der Waals surface area contributed by atoms with Crippen LogP contribution in [0.1, 0.15) is 34.3 Å². The molecule has 0 aromatic heterocycles. The molecule has 182 valence electrons. The van der Waals surface area contributed by atoms with Crippen LogP contribution >= 0.6 is 0 Å². The summed E-state index contributed by atoms with van der Waals surface area (Å²) in [5.41, 5.74) is 6.59. The second-order valence-corrected chi connectivity index (χ2v) is 8.67. The summed E-state index contributed by atoms with van der Waals surface area (Å²) in [4.78, 5) is 55.4. The molecule has 0 bridgehead atoms. The first kappa shape index (κ1) is 23.1. The predicted molar refractivity (Wildman–Crippen MR) is 130 cm³/mol. The van der Waals surface area contributed by atoms with Gasteiger partial charge in [0, 0.05) is 25.1 Å². The topological polar surface area (TPSA) is 117 Å². The number of benzene rings is 3. The highest BCUT2D eigenvalue weighted by Crippen LogP contribution is 2.28. The van der Waals surface area contributed by atoms with Gasteiger partial charge in [-0.05, 0) is 46.9 Å². The molecule has 1 fully saturated rings. The van der Waals surface area contributed by atoms with E-state index < -0.39 is 18.0 Å². The number of hydroxylamine groups is 1. The third kappa shape index (κ3) is 4.90. The van der Waals surface area contributed by atoms with E-state index in [0.717, 1.165) is 22.3 Å². The van der Waals surface area contributed by atoms with Gasteiger partial charge in [-0.1, -0.05) is 54.6 Å². The SMILES string of the molecule is O=C1CCC(N2Cc3cc(CNC(=O)NOc4ccc(-c5ccccc5)cc4)ccc3C2=O)C(=O)N1. The molecule has 5 rings (SSSR count). The molecule has 9 nitrogen and oxygen atoms in total. The van der Waals surface area contributed by atoms with Crippen molar-refractivity contribution >= 4 is 23.8 Å². The highest BCUT2D eigenvalue weighted by Gasteiger charge is 2.39. The van der Waals surface area contributed by atoms with Gasteiger partial charge in [-0.2, -0.15) is 5.48 Å². The number of amides is 5. The van der Waals surface area contributed by atoms with Gasteiger partial charge >= 0.3 is 6.03 Å². The van der Waals surface area contributed by atoms with Crippen LogP contribution in [-0.4, -0.2) is 34.7 Å². The second-order valence-electron chi connectivity index (χ2n) is 8.67. The van der Waals surface area contributed by atoms with E-state index in [1.165, 1.54) is 4.90 Å². The summed E-state index contributed by atoms with van der Waals surface area (Å²) in [6.07, 6.45) is 0.522. The van der Waals surface area contributed by atoms with Gasteiger partial charge in [0.25, 0.3) is 5.91 Å². The average molecular weight is 485 g/mol. The number of imide groups is 1. The van der Waals surface area contributed by atoms with Crippen LogP contribution in [0.5, 0.6) is 5.75 Å². The van der Waals surface area contributed by atoms with E-state index in [1.807, 2.05) is 48.5 Å². The third-order valence-corrected chi connectivity index (χ3v) is 6.26. The molecule has 0 radical (unpaired) electrons. The number of carbonyl (C=O) groups is 4. The van der Waals surface area contributed by atoms with Crippen molar-refractivity contribution in [2.24, 2.45) is 0 Å². The smallest absolute Gasteiger partial charge is 0.348 e. The molecule has 1 atom stereocenters. The number of nitrogens with zero attached hydrogens (tertiary/aromatic N) is 1. The molecule has 0 spiro atoms. The Morgan fingerprint density at radius 2 is 1.72 bits per heavy atom. The minimum Gasteiger partial charge on any atom is -0.378 e. The maximum absolute atomic E-state index is 12.8. The number of hydrogen-bond donors (Lipinski definition) is 3. The Morgan fingerprint density at radius 3 is 2.47 bits per heavy atom. The normalized spacial score (nSPS) is 16.8. The van der Waals surface area contributed by atoms with Crippen molar-refractivity contribution in [2.45, 2.75) is 32.0 Å². The van der Waals surface area contributed by atoms with E-state index in [2.05, 4.69) is 16.1 Å². The molecule has 36 heavy (non-hydrogen) atoms. The van der Waals surface area contributed by atoms with Gasteiger partial charge in [-0.3, -0.25) is 19.7 Å². The average Bonchev–Trinajstić information content (AvgIpc) is 3.22. The van der Waals surface area contributed by atoms with E-state index in [-0.39, 0.29) is 31.3 Å². The Kier molecular flexibility index (Phi) is 6.36. The summed E-state index contributed by atoms with van der Waals surface area (Å²) in [5.74, 6) is -0.501. The second kappa shape index (κ2) is 9.91. The summed E-state index contributed by atoms with van der Waals surface area (Å²) >= 11 is 0. The van der Waals surface area contributed by atoms with Crippen LogP contribution < -0.4 is 21.0 Å². The molecule has 0 saturated carbocycles. The zero-order valence-corrected chi connectivity index (χ0v) is 19.3. The quantitative estimate of drug-likeness (QED) is 0.368.